The maximum Gasteiger partial charge on any atom is 0.255 e. The fourth-order valence-corrected chi connectivity index (χ4v) is 2.40. The van der Waals surface area contributed by atoms with Gasteiger partial charge in [0, 0.05) is 17.7 Å². The molecule has 0 spiro atoms. The Morgan fingerprint density at radius 2 is 1.86 bits per heavy atom. The van der Waals surface area contributed by atoms with E-state index in [1.165, 1.54) is 0 Å². The number of nitriles is 1. The summed E-state index contributed by atoms with van der Waals surface area (Å²) in [7, 11) is 3.15. The van der Waals surface area contributed by atoms with Crippen molar-refractivity contribution in [3.63, 3.8) is 0 Å². The number of nitrogens with zero attached hydrogens (tertiary/aromatic N) is 2. The highest BCUT2D eigenvalue weighted by molar-refractivity contribution is 5.64. The Balaban J connectivity index is 2.60. The van der Waals surface area contributed by atoms with Crippen LogP contribution < -0.4 is 15.0 Å². The normalized spacial score (nSPS) is 10.1. The zero-order chi connectivity index (χ0) is 16.1. The quantitative estimate of drug-likeness (QED) is 0.851. The zero-order valence-electron chi connectivity index (χ0n) is 12.9. The van der Waals surface area contributed by atoms with Crippen LogP contribution in [-0.4, -0.2) is 18.8 Å². The van der Waals surface area contributed by atoms with Crippen LogP contribution in [0.5, 0.6) is 11.5 Å². The van der Waals surface area contributed by atoms with Gasteiger partial charge in [0.25, 0.3) is 5.56 Å². The highest BCUT2D eigenvalue weighted by Gasteiger charge is 2.12. The Morgan fingerprint density at radius 1 is 1.14 bits per heavy atom. The summed E-state index contributed by atoms with van der Waals surface area (Å²) in [5.74, 6) is 1.24. The highest BCUT2D eigenvalue weighted by Crippen LogP contribution is 2.32. The van der Waals surface area contributed by atoms with Gasteiger partial charge in [0.1, 0.15) is 0 Å². The molecule has 0 aliphatic heterocycles. The second kappa shape index (κ2) is 6.81. The van der Waals surface area contributed by atoms with Crippen LogP contribution in [0.25, 0.3) is 11.3 Å². The second-order valence-corrected chi connectivity index (χ2v) is 4.70. The van der Waals surface area contributed by atoms with Gasteiger partial charge in [-0.15, -0.1) is 0 Å². The smallest absolute Gasteiger partial charge is 0.255 e. The predicted molar refractivity (Wildman–Crippen MR) is 84.2 cm³/mol. The van der Waals surface area contributed by atoms with Crippen molar-refractivity contribution in [2.75, 3.05) is 14.2 Å². The van der Waals surface area contributed by atoms with Crippen molar-refractivity contribution in [2.45, 2.75) is 19.9 Å². The van der Waals surface area contributed by atoms with Gasteiger partial charge in [-0.2, -0.15) is 5.26 Å². The molecule has 0 unspecified atom stereocenters. The van der Waals surface area contributed by atoms with Crippen LogP contribution in [0.15, 0.2) is 35.1 Å². The lowest BCUT2D eigenvalue weighted by molar-refractivity contribution is 0.355. The van der Waals surface area contributed by atoms with Gasteiger partial charge >= 0.3 is 0 Å². The standard InChI is InChI=1S/C17H18N2O3/c1-4-19-14(7-5-12(9-10-18)17(19)20)13-6-8-15(21-2)16(11-13)22-3/h5-8,11H,4,9H2,1-3H3. The summed E-state index contributed by atoms with van der Waals surface area (Å²) in [6.07, 6.45) is 0.116. The van der Waals surface area contributed by atoms with Gasteiger partial charge < -0.3 is 14.0 Å². The van der Waals surface area contributed by atoms with E-state index < -0.39 is 0 Å². The SMILES string of the molecule is CCn1c(-c2ccc(OC)c(OC)c2)ccc(CC#N)c1=O. The molecule has 0 saturated carbocycles. The number of benzene rings is 1. The minimum atomic E-state index is -0.128. The maximum atomic E-state index is 12.4. The van der Waals surface area contributed by atoms with E-state index in [0.717, 1.165) is 11.3 Å². The predicted octanol–water partition coefficient (Wildman–Crippen LogP) is 2.62. The fraction of sp³-hybridized carbons (Fsp3) is 0.294. The molecule has 0 aliphatic rings. The van der Waals surface area contributed by atoms with Crippen molar-refractivity contribution in [1.82, 2.24) is 4.57 Å². The molecule has 0 radical (unpaired) electrons. The number of rotatable bonds is 5. The van der Waals surface area contributed by atoms with Crippen LogP contribution in [0, 0.1) is 11.3 Å². The Bertz CT molecular complexity index is 772. The van der Waals surface area contributed by atoms with Crippen LogP contribution in [0.4, 0.5) is 0 Å². The van der Waals surface area contributed by atoms with E-state index >= 15 is 0 Å². The molecule has 0 atom stereocenters. The van der Waals surface area contributed by atoms with Crippen LogP contribution in [0.2, 0.25) is 0 Å². The van der Waals surface area contributed by atoms with Crippen LogP contribution in [0.3, 0.4) is 0 Å². The molecule has 0 saturated heterocycles. The van der Waals surface area contributed by atoms with Gasteiger partial charge in [0.05, 0.1) is 32.4 Å². The average molecular weight is 298 g/mol. The fourth-order valence-electron chi connectivity index (χ4n) is 2.40. The maximum absolute atomic E-state index is 12.4. The number of hydrogen-bond acceptors (Lipinski definition) is 4. The lowest BCUT2D eigenvalue weighted by Gasteiger charge is -2.14. The molecule has 5 nitrogen and oxygen atoms in total. The van der Waals surface area contributed by atoms with Crippen molar-refractivity contribution in [3.05, 3.63) is 46.2 Å². The van der Waals surface area contributed by atoms with Gasteiger partial charge in [-0.3, -0.25) is 4.79 Å². The van der Waals surface area contributed by atoms with Crippen LogP contribution in [-0.2, 0) is 13.0 Å². The van der Waals surface area contributed by atoms with E-state index in [0.29, 0.717) is 23.6 Å². The Labute approximate surface area is 129 Å². The first kappa shape index (κ1) is 15.6. The summed E-state index contributed by atoms with van der Waals surface area (Å²) in [6, 6.07) is 11.1. The van der Waals surface area contributed by atoms with Crippen molar-refractivity contribution >= 4 is 0 Å². The van der Waals surface area contributed by atoms with E-state index in [1.807, 2.05) is 37.3 Å². The molecule has 0 fully saturated rings. The first-order valence-electron chi connectivity index (χ1n) is 6.98. The number of hydrogen-bond donors (Lipinski definition) is 0. The summed E-state index contributed by atoms with van der Waals surface area (Å²) in [5.41, 5.74) is 2.03. The van der Waals surface area contributed by atoms with Gasteiger partial charge in [-0.1, -0.05) is 6.07 Å². The first-order valence-corrected chi connectivity index (χ1v) is 6.98. The Hall–Kier alpha value is -2.74. The molecule has 2 rings (SSSR count). The van der Waals surface area contributed by atoms with E-state index in [-0.39, 0.29) is 12.0 Å². The van der Waals surface area contributed by atoms with E-state index in [2.05, 4.69) is 0 Å². The number of pyridine rings is 1. The summed E-state index contributed by atoms with van der Waals surface area (Å²) < 4.78 is 12.2. The van der Waals surface area contributed by atoms with Gasteiger partial charge in [0.15, 0.2) is 11.5 Å². The van der Waals surface area contributed by atoms with Crippen molar-refractivity contribution < 1.29 is 9.47 Å². The van der Waals surface area contributed by atoms with Crippen LogP contribution in [0.1, 0.15) is 12.5 Å². The third kappa shape index (κ3) is 2.82. The number of aromatic nitrogens is 1. The molecule has 1 heterocycles. The molecule has 0 N–H and O–H groups in total. The molecule has 0 amide bonds. The molecule has 22 heavy (non-hydrogen) atoms. The van der Waals surface area contributed by atoms with Gasteiger partial charge in [-0.25, -0.2) is 0 Å². The Morgan fingerprint density at radius 3 is 2.45 bits per heavy atom. The zero-order valence-corrected chi connectivity index (χ0v) is 12.9. The van der Waals surface area contributed by atoms with Crippen molar-refractivity contribution in [2.24, 2.45) is 0 Å². The molecular formula is C17H18N2O3. The summed E-state index contributed by atoms with van der Waals surface area (Å²) >= 11 is 0. The van der Waals surface area contributed by atoms with E-state index in [1.54, 1.807) is 24.9 Å². The number of ether oxygens (including phenoxy) is 2. The molecule has 0 bridgehead atoms. The monoisotopic (exact) mass is 298 g/mol. The first-order chi connectivity index (χ1) is 10.7. The minimum absolute atomic E-state index is 0.116. The van der Waals surface area contributed by atoms with Crippen LogP contribution >= 0.6 is 0 Å². The lowest BCUT2D eigenvalue weighted by atomic mass is 10.1. The highest BCUT2D eigenvalue weighted by atomic mass is 16.5. The molecule has 2 aromatic rings. The lowest BCUT2D eigenvalue weighted by Crippen LogP contribution is -2.24. The minimum Gasteiger partial charge on any atom is -0.493 e. The van der Waals surface area contributed by atoms with Crippen molar-refractivity contribution in [3.8, 4) is 28.8 Å². The molecule has 1 aromatic carbocycles. The molecule has 5 heteroatoms. The van der Waals surface area contributed by atoms with Gasteiger partial charge in [0.2, 0.25) is 0 Å². The summed E-state index contributed by atoms with van der Waals surface area (Å²) in [6.45, 7) is 2.43. The third-order valence-electron chi connectivity index (χ3n) is 3.52. The van der Waals surface area contributed by atoms with E-state index in [4.69, 9.17) is 14.7 Å². The van der Waals surface area contributed by atoms with Gasteiger partial charge in [-0.05, 0) is 31.2 Å². The molecular weight excluding hydrogens is 280 g/mol. The molecule has 114 valence electrons. The van der Waals surface area contributed by atoms with E-state index in [9.17, 15) is 4.79 Å². The number of methoxy groups -OCH3 is 2. The third-order valence-corrected chi connectivity index (χ3v) is 3.52. The molecule has 0 aliphatic carbocycles. The average Bonchev–Trinajstić information content (AvgIpc) is 2.56. The second-order valence-electron chi connectivity index (χ2n) is 4.70. The Kier molecular flexibility index (Phi) is 4.84. The van der Waals surface area contributed by atoms with Crippen molar-refractivity contribution in [1.29, 1.82) is 5.26 Å². The largest absolute Gasteiger partial charge is 0.493 e. The summed E-state index contributed by atoms with van der Waals surface area (Å²) in [4.78, 5) is 12.4. The molecule has 1 aromatic heterocycles. The summed E-state index contributed by atoms with van der Waals surface area (Å²) in [5, 5.41) is 8.79. The topological polar surface area (TPSA) is 64.2 Å².